The van der Waals surface area contributed by atoms with Gasteiger partial charge in [0.2, 0.25) is 11.1 Å². The number of benzene rings is 2. The minimum absolute atomic E-state index is 0.0375. The Bertz CT molecular complexity index is 1160. The van der Waals surface area contributed by atoms with Crippen molar-refractivity contribution in [3.05, 3.63) is 59.7 Å². The van der Waals surface area contributed by atoms with Crippen molar-refractivity contribution in [2.45, 2.75) is 30.6 Å². The van der Waals surface area contributed by atoms with Crippen molar-refractivity contribution in [3.63, 3.8) is 0 Å². The molecule has 9 nitrogen and oxygen atoms in total. The molecule has 34 heavy (non-hydrogen) atoms. The van der Waals surface area contributed by atoms with Crippen LogP contribution in [0.4, 0.5) is 4.39 Å². The normalized spacial score (nSPS) is 15.4. The van der Waals surface area contributed by atoms with E-state index in [4.69, 9.17) is 20.1 Å². The van der Waals surface area contributed by atoms with Gasteiger partial charge in [-0.25, -0.2) is 9.07 Å². The summed E-state index contributed by atoms with van der Waals surface area (Å²) in [6, 6.07) is 11.6. The average molecular weight is 488 g/mol. The highest BCUT2D eigenvalue weighted by Crippen LogP contribution is 2.39. The molecule has 2 aromatic carbocycles. The third kappa shape index (κ3) is 5.04. The monoisotopic (exact) mass is 487 g/mol. The molecule has 2 heterocycles. The minimum atomic E-state index is -0.474. The third-order valence-electron chi connectivity index (χ3n) is 5.62. The molecule has 0 spiro atoms. The van der Waals surface area contributed by atoms with E-state index >= 15 is 0 Å². The van der Waals surface area contributed by atoms with E-state index < -0.39 is 5.82 Å². The number of amides is 1. The molecule has 180 valence electrons. The Kier molecular flexibility index (Phi) is 7.41. The van der Waals surface area contributed by atoms with Crippen LogP contribution in [0, 0.1) is 5.82 Å². The first kappa shape index (κ1) is 23.7. The fourth-order valence-corrected chi connectivity index (χ4v) is 4.67. The lowest BCUT2D eigenvalue weighted by Crippen LogP contribution is -2.32. The Morgan fingerprint density at radius 3 is 2.76 bits per heavy atom. The highest BCUT2D eigenvalue weighted by Gasteiger charge is 2.32. The molecule has 3 aromatic rings. The maximum absolute atomic E-state index is 13.7. The molecule has 2 N–H and O–H groups in total. The summed E-state index contributed by atoms with van der Waals surface area (Å²) in [5.41, 5.74) is 0.923. The highest BCUT2D eigenvalue weighted by molar-refractivity contribution is 7.99. The van der Waals surface area contributed by atoms with Crippen LogP contribution in [0.25, 0.3) is 0 Å². The molecular weight excluding hydrogens is 461 g/mol. The summed E-state index contributed by atoms with van der Waals surface area (Å²) in [5.74, 6) is 7.56. The Hall–Kier alpha value is -3.47. The lowest BCUT2D eigenvalue weighted by atomic mass is 10.0. The number of nitrogen functional groups attached to an aromatic ring is 1. The van der Waals surface area contributed by atoms with Crippen molar-refractivity contribution in [1.82, 2.24) is 19.8 Å². The summed E-state index contributed by atoms with van der Waals surface area (Å²) < 4.78 is 31.3. The number of nitrogens with zero attached hydrogens (tertiary/aromatic N) is 4. The molecule has 1 fully saturated rings. The zero-order chi connectivity index (χ0) is 24.1. The van der Waals surface area contributed by atoms with Crippen LogP contribution in [-0.4, -0.2) is 52.2 Å². The number of carbonyl (C=O) groups is 1. The van der Waals surface area contributed by atoms with Crippen LogP contribution in [0.3, 0.4) is 0 Å². The van der Waals surface area contributed by atoms with Gasteiger partial charge in [-0.3, -0.25) is 4.79 Å². The summed E-state index contributed by atoms with van der Waals surface area (Å²) in [6.45, 7) is 0.601. The predicted molar refractivity (Wildman–Crippen MR) is 125 cm³/mol. The van der Waals surface area contributed by atoms with Gasteiger partial charge < -0.3 is 25.0 Å². The number of para-hydroxylation sites is 1. The molecule has 1 aromatic heterocycles. The molecule has 1 atom stereocenters. The maximum Gasteiger partial charge on any atom is 0.233 e. The second-order valence-electron chi connectivity index (χ2n) is 7.63. The number of halogens is 1. The molecule has 1 unspecified atom stereocenters. The summed E-state index contributed by atoms with van der Waals surface area (Å²) >= 11 is 1.19. The molecule has 1 saturated heterocycles. The summed E-state index contributed by atoms with van der Waals surface area (Å²) in [6.07, 6.45) is 1.73. The molecular formula is C23H26FN5O4S. The van der Waals surface area contributed by atoms with Gasteiger partial charge in [-0.2, -0.15) is 0 Å². The van der Waals surface area contributed by atoms with E-state index in [1.807, 2.05) is 23.1 Å². The van der Waals surface area contributed by atoms with Crippen LogP contribution in [0.15, 0.2) is 47.6 Å². The van der Waals surface area contributed by atoms with E-state index in [9.17, 15) is 9.18 Å². The zero-order valence-electron chi connectivity index (χ0n) is 18.9. The Balaban J connectivity index is 1.39. The number of hydrogen-bond acceptors (Lipinski definition) is 8. The van der Waals surface area contributed by atoms with Crippen LogP contribution in [-0.2, 0) is 11.4 Å². The first-order valence-electron chi connectivity index (χ1n) is 10.7. The SMILES string of the molecule is COc1ccc(OC)c(C2CCCN2C(=O)CSc2nnc(COc3ccccc3F)n2N)c1. The van der Waals surface area contributed by atoms with E-state index in [2.05, 4.69) is 10.2 Å². The number of carbonyl (C=O) groups excluding carboxylic acids is 1. The smallest absolute Gasteiger partial charge is 0.233 e. The highest BCUT2D eigenvalue weighted by atomic mass is 32.2. The third-order valence-corrected chi connectivity index (χ3v) is 6.55. The Morgan fingerprint density at radius 1 is 1.18 bits per heavy atom. The summed E-state index contributed by atoms with van der Waals surface area (Å²) in [7, 11) is 3.22. The predicted octanol–water partition coefficient (Wildman–Crippen LogP) is 3.18. The van der Waals surface area contributed by atoms with Gasteiger partial charge in [0.1, 0.15) is 18.1 Å². The first-order valence-corrected chi connectivity index (χ1v) is 11.7. The second-order valence-corrected chi connectivity index (χ2v) is 8.57. The first-order chi connectivity index (χ1) is 16.5. The lowest BCUT2D eigenvalue weighted by molar-refractivity contribution is -0.129. The van der Waals surface area contributed by atoms with Gasteiger partial charge in [-0.1, -0.05) is 23.9 Å². The van der Waals surface area contributed by atoms with Crippen molar-refractivity contribution >= 4 is 17.7 Å². The van der Waals surface area contributed by atoms with E-state index in [1.165, 1.54) is 28.6 Å². The van der Waals surface area contributed by atoms with Gasteiger partial charge in [-0.05, 0) is 43.2 Å². The molecule has 11 heteroatoms. The van der Waals surface area contributed by atoms with Crippen LogP contribution in [0.2, 0.25) is 0 Å². The number of hydrogen-bond donors (Lipinski definition) is 1. The van der Waals surface area contributed by atoms with Gasteiger partial charge in [0.15, 0.2) is 17.4 Å². The summed E-state index contributed by atoms with van der Waals surface area (Å²) in [5, 5.41) is 8.42. The average Bonchev–Trinajstić information content (AvgIpc) is 3.48. The lowest BCUT2D eigenvalue weighted by Gasteiger charge is -2.26. The van der Waals surface area contributed by atoms with Crippen LogP contribution in [0.5, 0.6) is 17.2 Å². The number of rotatable bonds is 9. The van der Waals surface area contributed by atoms with Crippen molar-refractivity contribution in [2.75, 3.05) is 32.4 Å². The second kappa shape index (κ2) is 10.6. The quantitative estimate of drug-likeness (QED) is 0.363. The standard InChI is InChI=1S/C23H26FN5O4S/c1-31-15-9-10-19(32-2)16(12-15)18-7-5-11-28(18)22(30)14-34-23-27-26-21(29(23)25)13-33-20-8-4-3-6-17(20)24/h3-4,6,8-10,12,18H,5,7,11,13-14,25H2,1-2H3. The van der Waals surface area contributed by atoms with E-state index in [-0.39, 0.29) is 30.1 Å². The van der Waals surface area contributed by atoms with Crippen molar-refractivity contribution in [1.29, 1.82) is 0 Å². The molecule has 1 aliphatic heterocycles. The van der Waals surface area contributed by atoms with E-state index in [0.717, 1.165) is 24.2 Å². The largest absolute Gasteiger partial charge is 0.497 e. The topological polar surface area (TPSA) is 105 Å². The molecule has 0 radical (unpaired) electrons. The zero-order valence-corrected chi connectivity index (χ0v) is 19.8. The van der Waals surface area contributed by atoms with Gasteiger partial charge in [-0.15, -0.1) is 10.2 Å². The van der Waals surface area contributed by atoms with E-state index in [0.29, 0.717) is 23.3 Å². The van der Waals surface area contributed by atoms with E-state index in [1.54, 1.807) is 26.4 Å². The van der Waals surface area contributed by atoms with Crippen molar-refractivity contribution in [2.24, 2.45) is 0 Å². The van der Waals surface area contributed by atoms with Crippen LogP contribution in [0.1, 0.15) is 30.3 Å². The van der Waals surface area contributed by atoms with Gasteiger partial charge in [0.05, 0.1) is 26.0 Å². The molecule has 4 rings (SSSR count). The summed E-state index contributed by atoms with van der Waals surface area (Å²) in [4.78, 5) is 14.9. The van der Waals surface area contributed by atoms with Crippen LogP contribution >= 0.6 is 11.8 Å². The fraction of sp³-hybridized carbons (Fsp3) is 0.348. The molecule has 0 saturated carbocycles. The van der Waals surface area contributed by atoms with Crippen LogP contribution < -0.4 is 20.1 Å². The molecule has 1 amide bonds. The van der Waals surface area contributed by atoms with Gasteiger partial charge in [0, 0.05) is 12.1 Å². The number of methoxy groups -OCH3 is 2. The van der Waals surface area contributed by atoms with Gasteiger partial charge in [0.25, 0.3) is 0 Å². The maximum atomic E-state index is 13.7. The number of aromatic nitrogens is 3. The molecule has 0 bridgehead atoms. The molecule has 1 aliphatic rings. The number of likely N-dealkylation sites (tertiary alicyclic amines) is 1. The number of nitrogens with two attached hydrogens (primary N) is 1. The Labute approximate surface area is 201 Å². The number of thioether (sulfide) groups is 1. The number of ether oxygens (including phenoxy) is 3. The van der Waals surface area contributed by atoms with Crippen molar-refractivity contribution in [3.8, 4) is 17.2 Å². The minimum Gasteiger partial charge on any atom is -0.497 e. The Morgan fingerprint density at radius 2 is 2.00 bits per heavy atom. The van der Waals surface area contributed by atoms with Crippen molar-refractivity contribution < 1.29 is 23.4 Å². The molecule has 0 aliphatic carbocycles. The fourth-order valence-electron chi connectivity index (χ4n) is 3.91. The van der Waals surface area contributed by atoms with Gasteiger partial charge >= 0.3 is 0 Å².